The van der Waals surface area contributed by atoms with Crippen molar-refractivity contribution in [3.63, 3.8) is 0 Å². The number of piperazine rings is 1. The Bertz CT molecular complexity index is 90.8. The van der Waals surface area contributed by atoms with Crippen molar-refractivity contribution in [1.82, 2.24) is 10.2 Å². The Morgan fingerprint density at radius 3 is 2.00 bits per heavy atom. The third-order valence-electron chi connectivity index (χ3n) is 1.75. The van der Waals surface area contributed by atoms with Gasteiger partial charge in [0, 0.05) is 26.2 Å². The van der Waals surface area contributed by atoms with Crippen LogP contribution in [-0.2, 0) is 0 Å². The summed E-state index contributed by atoms with van der Waals surface area (Å²) in [5, 5.41) is 3.33. The zero-order chi connectivity index (χ0) is 10.1. The molecule has 1 N–H and O–H groups in total. The molecule has 0 aliphatic carbocycles. The Morgan fingerprint density at radius 2 is 1.62 bits per heavy atom. The van der Waals surface area contributed by atoms with Gasteiger partial charge in [0.2, 0.25) is 0 Å². The summed E-state index contributed by atoms with van der Waals surface area (Å²) >= 11 is 0. The maximum atomic E-state index is 3.33. The largest absolute Gasteiger partial charge is 0.314 e. The third-order valence-corrected chi connectivity index (χ3v) is 1.75. The summed E-state index contributed by atoms with van der Waals surface area (Å²) in [5.74, 6) is 0.833. The zero-order valence-corrected chi connectivity index (χ0v) is 9.77. The fourth-order valence-corrected chi connectivity index (χ4v) is 1.25. The number of nitrogens with one attached hydrogen (secondary N) is 1. The average Bonchev–Trinajstić information content (AvgIpc) is 2.06. The molecule has 1 aliphatic rings. The molecule has 0 aromatic rings. The Morgan fingerprint density at radius 1 is 1.15 bits per heavy atom. The Hall–Kier alpha value is -0.0800. The molecule has 1 fully saturated rings. The van der Waals surface area contributed by atoms with Crippen molar-refractivity contribution in [2.45, 2.75) is 34.1 Å². The highest BCUT2D eigenvalue weighted by Crippen LogP contribution is 1.92. The van der Waals surface area contributed by atoms with E-state index < -0.39 is 0 Å². The number of nitrogens with zero attached hydrogens (tertiary/aromatic N) is 1. The van der Waals surface area contributed by atoms with E-state index in [1.165, 1.54) is 39.1 Å². The molecule has 0 bridgehead atoms. The lowest BCUT2D eigenvalue weighted by atomic mass is 10.3. The van der Waals surface area contributed by atoms with E-state index in [1.54, 1.807) is 0 Å². The van der Waals surface area contributed by atoms with Crippen molar-refractivity contribution < 1.29 is 0 Å². The van der Waals surface area contributed by atoms with Gasteiger partial charge in [0.25, 0.3) is 0 Å². The summed E-state index contributed by atoms with van der Waals surface area (Å²) in [5.41, 5.74) is 0. The predicted octanol–water partition coefficient (Wildman–Crippen LogP) is 1.96. The summed E-state index contributed by atoms with van der Waals surface area (Å²) in [6.07, 6.45) is 1.29. The molecule has 1 saturated heterocycles. The minimum absolute atomic E-state index is 0.833. The maximum Gasteiger partial charge on any atom is 0.0107 e. The molecular formula is C11H26N2. The van der Waals surface area contributed by atoms with Gasteiger partial charge in [0.05, 0.1) is 0 Å². The third kappa shape index (κ3) is 9.84. The van der Waals surface area contributed by atoms with Crippen molar-refractivity contribution in [3.8, 4) is 0 Å². The van der Waals surface area contributed by atoms with E-state index in [-0.39, 0.29) is 0 Å². The van der Waals surface area contributed by atoms with Crippen LogP contribution in [-0.4, -0.2) is 37.6 Å². The molecule has 0 spiro atoms. The van der Waals surface area contributed by atoms with E-state index in [2.05, 4.69) is 37.9 Å². The lowest BCUT2D eigenvalue weighted by molar-refractivity contribution is 0.241. The minimum atomic E-state index is 0.833. The molecule has 2 nitrogen and oxygen atoms in total. The van der Waals surface area contributed by atoms with Gasteiger partial charge in [-0.2, -0.15) is 0 Å². The first-order valence-corrected chi connectivity index (χ1v) is 5.59. The van der Waals surface area contributed by atoms with Crippen molar-refractivity contribution in [1.29, 1.82) is 0 Å². The first kappa shape index (κ1) is 12.9. The molecule has 13 heavy (non-hydrogen) atoms. The molecule has 2 heteroatoms. The van der Waals surface area contributed by atoms with Crippen LogP contribution in [0.2, 0.25) is 0 Å². The SMILES string of the molecule is CC(C)C.CCCN1CCNCC1. The number of rotatable bonds is 2. The Kier molecular flexibility index (Phi) is 8.46. The van der Waals surface area contributed by atoms with Crippen LogP contribution >= 0.6 is 0 Å². The van der Waals surface area contributed by atoms with E-state index in [4.69, 9.17) is 0 Å². The molecule has 80 valence electrons. The highest BCUT2D eigenvalue weighted by atomic mass is 15.2. The molecule has 0 saturated carbocycles. The van der Waals surface area contributed by atoms with Crippen molar-refractivity contribution in [3.05, 3.63) is 0 Å². The van der Waals surface area contributed by atoms with Gasteiger partial charge in [-0.25, -0.2) is 0 Å². The first-order chi connectivity index (χ1) is 6.16. The van der Waals surface area contributed by atoms with Crippen LogP contribution in [0.25, 0.3) is 0 Å². The lowest BCUT2D eigenvalue weighted by Gasteiger charge is -2.26. The van der Waals surface area contributed by atoms with Crippen LogP contribution < -0.4 is 5.32 Å². The summed E-state index contributed by atoms with van der Waals surface area (Å²) in [7, 11) is 0. The Labute approximate surface area is 83.7 Å². The van der Waals surface area contributed by atoms with Gasteiger partial charge < -0.3 is 10.2 Å². The molecular weight excluding hydrogens is 160 g/mol. The van der Waals surface area contributed by atoms with Gasteiger partial charge in [-0.1, -0.05) is 27.7 Å². The minimum Gasteiger partial charge on any atom is -0.314 e. The molecule has 0 amide bonds. The van der Waals surface area contributed by atoms with Crippen molar-refractivity contribution in [2.75, 3.05) is 32.7 Å². The molecule has 1 rings (SSSR count). The molecule has 0 atom stereocenters. The smallest absolute Gasteiger partial charge is 0.0107 e. The topological polar surface area (TPSA) is 15.3 Å². The molecule has 0 unspecified atom stereocenters. The quantitative estimate of drug-likeness (QED) is 0.709. The van der Waals surface area contributed by atoms with E-state index in [9.17, 15) is 0 Å². The number of hydrogen-bond acceptors (Lipinski definition) is 2. The van der Waals surface area contributed by atoms with Gasteiger partial charge >= 0.3 is 0 Å². The second-order valence-electron chi connectivity index (χ2n) is 4.32. The highest BCUT2D eigenvalue weighted by molar-refractivity contribution is 4.65. The molecule has 1 aliphatic heterocycles. The first-order valence-electron chi connectivity index (χ1n) is 5.59. The molecule has 0 radical (unpaired) electrons. The molecule has 0 aromatic heterocycles. The fourth-order valence-electron chi connectivity index (χ4n) is 1.25. The predicted molar refractivity (Wildman–Crippen MR) is 60.1 cm³/mol. The van der Waals surface area contributed by atoms with Crippen LogP contribution in [0, 0.1) is 5.92 Å². The average molecular weight is 186 g/mol. The standard InChI is InChI=1S/C7H16N2.C4H10/c1-2-5-9-6-3-8-4-7-9;1-4(2)3/h8H,2-7H2,1H3;4H,1-3H3. The fraction of sp³-hybridized carbons (Fsp3) is 1.00. The lowest BCUT2D eigenvalue weighted by Crippen LogP contribution is -2.43. The van der Waals surface area contributed by atoms with Gasteiger partial charge in [-0.05, 0) is 18.9 Å². The summed E-state index contributed by atoms with van der Waals surface area (Å²) in [6, 6.07) is 0. The monoisotopic (exact) mass is 186 g/mol. The van der Waals surface area contributed by atoms with Crippen LogP contribution in [0.5, 0.6) is 0 Å². The summed E-state index contributed by atoms with van der Waals surface area (Å²) in [4.78, 5) is 2.51. The van der Waals surface area contributed by atoms with Crippen LogP contribution in [0.3, 0.4) is 0 Å². The van der Waals surface area contributed by atoms with Crippen molar-refractivity contribution in [2.24, 2.45) is 5.92 Å². The highest BCUT2D eigenvalue weighted by Gasteiger charge is 2.06. The maximum absolute atomic E-state index is 3.33. The second-order valence-corrected chi connectivity index (χ2v) is 4.32. The normalized spacial score (nSPS) is 18.2. The van der Waals surface area contributed by atoms with Gasteiger partial charge in [-0.15, -0.1) is 0 Å². The second kappa shape index (κ2) is 8.52. The van der Waals surface area contributed by atoms with Gasteiger partial charge in [0.1, 0.15) is 0 Å². The van der Waals surface area contributed by atoms with E-state index in [0.29, 0.717) is 0 Å². The molecule has 0 aromatic carbocycles. The van der Waals surface area contributed by atoms with Crippen LogP contribution in [0.15, 0.2) is 0 Å². The van der Waals surface area contributed by atoms with Crippen molar-refractivity contribution >= 4 is 0 Å². The summed E-state index contributed by atoms with van der Waals surface area (Å²) in [6.45, 7) is 14.9. The van der Waals surface area contributed by atoms with E-state index in [1.807, 2.05) is 0 Å². The van der Waals surface area contributed by atoms with E-state index in [0.717, 1.165) is 5.92 Å². The van der Waals surface area contributed by atoms with Crippen LogP contribution in [0.1, 0.15) is 34.1 Å². The van der Waals surface area contributed by atoms with Gasteiger partial charge in [-0.3, -0.25) is 0 Å². The summed E-state index contributed by atoms with van der Waals surface area (Å²) < 4.78 is 0. The number of hydrogen-bond donors (Lipinski definition) is 1. The Balaban J connectivity index is 0.000000310. The van der Waals surface area contributed by atoms with Gasteiger partial charge in [0.15, 0.2) is 0 Å². The van der Waals surface area contributed by atoms with E-state index >= 15 is 0 Å². The zero-order valence-electron chi connectivity index (χ0n) is 9.77. The molecule has 1 heterocycles. The van der Waals surface area contributed by atoms with Crippen LogP contribution in [0.4, 0.5) is 0 Å².